The average molecular weight is 390 g/mol. The first-order valence-corrected chi connectivity index (χ1v) is 9.78. The van der Waals surface area contributed by atoms with Gasteiger partial charge in [0.15, 0.2) is 0 Å². The summed E-state index contributed by atoms with van der Waals surface area (Å²) in [7, 11) is 0. The van der Waals surface area contributed by atoms with Gasteiger partial charge >= 0.3 is 0 Å². The maximum absolute atomic E-state index is 9.74. The normalized spacial score (nSPS) is 10.6. The van der Waals surface area contributed by atoms with Gasteiger partial charge in [-0.2, -0.15) is 0 Å². The zero-order chi connectivity index (χ0) is 20.6. The Morgan fingerprint density at radius 1 is 0.793 bits per heavy atom. The molecule has 3 aromatic carbocycles. The lowest BCUT2D eigenvalue weighted by Gasteiger charge is -2.18. The number of phenolic OH excluding ortho intramolecular Hbond substituents is 2. The van der Waals surface area contributed by atoms with Crippen molar-refractivity contribution in [2.24, 2.45) is 0 Å². The van der Waals surface area contributed by atoms with Crippen LogP contribution in [0, 0.1) is 0 Å². The van der Waals surface area contributed by atoms with Gasteiger partial charge in [-0.3, -0.25) is 0 Å². The smallest absolute Gasteiger partial charge is 0.120 e. The maximum Gasteiger partial charge on any atom is 0.120 e. The Morgan fingerprint density at radius 2 is 1.38 bits per heavy atom. The highest BCUT2D eigenvalue weighted by Gasteiger charge is 2.15. The van der Waals surface area contributed by atoms with Gasteiger partial charge in [0.2, 0.25) is 0 Å². The Morgan fingerprint density at radius 3 is 1.90 bits per heavy atom. The molecular weight excluding hydrogens is 364 g/mol. The Labute approximate surface area is 171 Å². The molecule has 0 aliphatic rings. The SMILES string of the molecule is CCCC(=C(c1ccc(O)cc1)c1ccc(O)cc1)c1cccc(OCCO)c1. The van der Waals surface area contributed by atoms with Crippen LogP contribution >= 0.6 is 0 Å². The van der Waals surface area contributed by atoms with E-state index in [4.69, 9.17) is 9.84 Å². The van der Waals surface area contributed by atoms with Gasteiger partial charge in [-0.05, 0) is 70.7 Å². The maximum atomic E-state index is 9.74. The minimum atomic E-state index is -0.0336. The number of rotatable bonds is 8. The molecule has 0 amide bonds. The molecule has 0 saturated heterocycles. The van der Waals surface area contributed by atoms with Gasteiger partial charge < -0.3 is 20.1 Å². The number of aliphatic hydroxyl groups is 1. The number of aromatic hydroxyl groups is 2. The van der Waals surface area contributed by atoms with E-state index < -0.39 is 0 Å². The summed E-state index contributed by atoms with van der Waals surface area (Å²) in [5.74, 6) is 1.14. The van der Waals surface area contributed by atoms with E-state index in [-0.39, 0.29) is 24.7 Å². The molecule has 4 heteroatoms. The molecule has 0 saturated carbocycles. The van der Waals surface area contributed by atoms with Gasteiger partial charge in [0.05, 0.1) is 6.61 Å². The summed E-state index contributed by atoms with van der Waals surface area (Å²) >= 11 is 0. The predicted octanol–water partition coefficient (Wildman–Crippen LogP) is 5.23. The molecule has 4 nitrogen and oxygen atoms in total. The Kier molecular flexibility index (Phi) is 6.93. The second kappa shape index (κ2) is 9.80. The standard InChI is InChI=1S/C25H26O4/c1-2-4-24(20-5-3-6-23(17-20)29-16-15-26)25(18-7-11-21(27)12-8-18)19-9-13-22(28)14-10-19/h3,5-14,17,26-28H,2,4,15-16H2,1H3. The van der Waals surface area contributed by atoms with Crippen molar-refractivity contribution in [3.8, 4) is 17.2 Å². The summed E-state index contributed by atoms with van der Waals surface area (Å²) in [6.07, 6.45) is 1.80. The summed E-state index contributed by atoms with van der Waals surface area (Å²) in [4.78, 5) is 0. The first-order chi connectivity index (χ1) is 14.1. The van der Waals surface area contributed by atoms with Crippen molar-refractivity contribution in [2.45, 2.75) is 19.8 Å². The summed E-state index contributed by atoms with van der Waals surface area (Å²) in [6.45, 7) is 2.35. The zero-order valence-corrected chi connectivity index (χ0v) is 16.5. The highest BCUT2D eigenvalue weighted by molar-refractivity contribution is 5.98. The summed E-state index contributed by atoms with van der Waals surface area (Å²) < 4.78 is 5.61. The number of allylic oxidation sites excluding steroid dienone is 1. The van der Waals surface area contributed by atoms with E-state index >= 15 is 0 Å². The van der Waals surface area contributed by atoms with Crippen LogP contribution in [-0.4, -0.2) is 28.5 Å². The average Bonchev–Trinajstić information content (AvgIpc) is 2.74. The van der Waals surface area contributed by atoms with Crippen LogP contribution in [-0.2, 0) is 0 Å². The third kappa shape index (κ3) is 5.18. The molecule has 0 aromatic heterocycles. The van der Waals surface area contributed by atoms with Gasteiger partial charge in [0, 0.05) is 0 Å². The molecule has 0 radical (unpaired) electrons. The van der Waals surface area contributed by atoms with Crippen molar-refractivity contribution < 1.29 is 20.1 Å². The summed E-state index contributed by atoms with van der Waals surface area (Å²) in [5, 5.41) is 28.5. The van der Waals surface area contributed by atoms with Gasteiger partial charge in [0.1, 0.15) is 23.9 Å². The number of aliphatic hydroxyl groups excluding tert-OH is 1. The van der Waals surface area contributed by atoms with E-state index in [1.165, 1.54) is 0 Å². The van der Waals surface area contributed by atoms with E-state index in [1.807, 2.05) is 42.5 Å². The third-order valence-corrected chi connectivity index (χ3v) is 4.66. The lowest BCUT2D eigenvalue weighted by molar-refractivity contribution is 0.201. The van der Waals surface area contributed by atoms with Crippen LogP contribution < -0.4 is 4.74 Å². The molecule has 0 aliphatic carbocycles. The zero-order valence-electron chi connectivity index (χ0n) is 16.5. The Balaban J connectivity index is 2.21. The van der Waals surface area contributed by atoms with Crippen LogP contribution in [0.3, 0.4) is 0 Å². The number of hydrogen-bond donors (Lipinski definition) is 3. The van der Waals surface area contributed by atoms with E-state index in [2.05, 4.69) is 13.0 Å². The molecule has 150 valence electrons. The first kappa shape index (κ1) is 20.5. The van der Waals surface area contributed by atoms with Gasteiger partial charge in [-0.15, -0.1) is 0 Å². The highest BCUT2D eigenvalue weighted by atomic mass is 16.5. The lowest BCUT2D eigenvalue weighted by atomic mass is 9.87. The first-order valence-electron chi connectivity index (χ1n) is 9.78. The Hall–Kier alpha value is -3.24. The number of phenols is 2. The molecule has 0 bridgehead atoms. The van der Waals surface area contributed by atoms with Gasteiger partial charge in [0.25, 0.3) is 0 Å². The molecule has 0 fully saturated rings. The van der Waals surface area contributed by atoms with Crippen molar-refractivity contribution in [3.63, 3.8) is 0 Å². The quantitative estimate of drug-likeness (QED) is 0.461. The second-order valence-corrected chi connectivity index (χ2v) is 6.80. The van der Waals surface area contributed by atoms with Crippen molar-refractivity contribution >= 4 is 11.1 Å². The number of hydrogen-bond acceptors (Lipinski definition) is 4. The Bertz CT molecular complexity index is 909. The van der Waals surface area contributed by atoms with Crippen LogP contribution in [0.1, 0.15) is 36.5 Å². The fourth-order valence-corrected chi connectivity index (χ4v) is 3.37. The molecule has 3 aromatic rings. The van der Waals surface area contributed by atoms with Crippen LogP contribution in [0.2, 0.25) is 0 Å². The minimum absolute atomic E-state index is 0.0336. The molecule has 29 heavy (non-hydrogen) atoms. The summed E-state index contributed by atoms with van der Waals surface area (Å²) in [5.41, 5.74) is 5.21. The van der Waals surface area contributed by atoms with E-state index in [1.54, 1.807) is 24.3 Å². The van der Waals surface area contributed by atoms with Crippen LogP contribution in [0.5, 0.6) is 17.2 Å². The minimum Gasteiger partial charge on any atom is -0.508 e. The van der Waals surface area contributed by atoms with Crippen LogP contribution in [0.15, 0.2) is 72.8 Å². The fraction of sp³-hybridized carbons (Fsp3) is 0.200. The molecule has 3 rings (SSSR count). The topological polar surface area (TPSA) is 69.9 Å². The molecule has 0 unspecified atom stereocenters. The van der Waals surface area contributed by atoms with Crippen LogP contribution in [0.25, 0.3) is 11.1 Å². The number of benzene rings is 3. The van der Waals surface area contributed by atoms with E-state index in [0.29, 0.717) is 5.75 Å². The third-order valence-electron chi connectivity index (χ3n) is 4.66. The van der Waals surface area contributed by atoms with Gasteiger partial charge in [-0.25, -0.2) is 0 Å². The van der Waals surface area contributed by atoms with E-state index in [9.17, 15) is 10.2 Å². The fourth-order valence-electron chi connectivity index (χ4n) is 3.37. The molecule has 0 spiro atoms. The van der Waals surface area contributed by atoms with E-state index in [0.717, 1.165) is 40.7 Å². The molecule has 0 heterocycles. The highest BCUT2D eigenvalue weighted by Crippen LogP contribution is 2.37. The van der Waals surface area contributed by atoms with Crippen LogP contribution in [0.4, 0.5) is 0 Å². The largest absolute Gasteiger partial charge is 0.508 e. The molecular formula is C25H26O4. The van der Waals surface area contributed by atoms with Crippen molar-refractivity contribution in [1.29, 1.82) is 0 Å². The van der Waals surface area contributed by atoms with Crippen molar-refractivity contribution in [2.75, 3.05) is 13.2 Å². The molecule has 0 aliphatic heterocycles. The monoisotopic (exact) mass is 390 g/mol. The van der Waals surface area contributed by atoms with Crippen molar-refractivity contribution in [3.05, 3.63) is 89.5 Å². The molecule has 0 atom stereocenters. The lowest BCUT2D eigenvalue weighted by Crippen LogP contribution is -2.02. The second-order valence-electron chi connectivity index (χ2n) is 6.80. The van der Waals surface area contributed by atoms with Gasteiger partial charge in [-0.1, -0.05) is 49.7 Å². The molecule has 3 N–H and O–H groups in total. The summed E-state index contributed by atoms with van der Waals surface area (Å²) in [6, 6.07) is 22.2. The number of ether oxygens (including phenoxy) is 1. The van der Waals surface area contributed by atoms with Crippen molar-refractivity contribution in [1.82, 2.24) is 0 Å². The predicted molar refractivity (Wildman–Crippen MR) is 116 cm³/mol.